The molecule has 11 heteroatoms. The lowest BCUT2D eigenvalue weighted by molar-refractivity contribution is 0.521. The molecule has 3 aromatic heterocycles. The van der Waals surface area contributed by atoms with Crippen LogP contribution in [0.1, 0.15) is 19.2 Å². The third-order valence-corrected chi connectivity index (χ3v) is 7.96. The highest BCUT2D eigenvalue weighted by atomic mass is 32.2. The van der Waals surface area contributed by atoms with Crippen molar-refractivity contribution in [3.05, 3.63) is 48.5 Å². The van der Waals surface area contributed by atoms with Gasteiger partial charge in [0, 0.05) is 45.6 Å². The van der Waals surface area contributed by atoms with Crippen LogP contribution in [0.25, 0.3) is 22.4 Å². The molecule has 1 aromatic carbocycles. The number of aryl methyl sites for hydroxylation is 1. The molecule has 0 saturated carbocycles. The Balaban J connectivity index is 1.64. The Morgan fingerprint density at radius 1 is 1.09 bits per heavy atom. The summed E-state index contributed by atoms with van der Waals surface area (Å²) in [5.74, 6) is 2.24. The van der Waals surface area contributed by atoms with Crippen LogP contribution in [0.2, 0.25) is 0 Å². The van der Waals surface area contributed by atoms with Crippen molar-refractivity contribution in [2.45, 2.75) is 35.7 Å². The number of nitrogens with zero attached hydrogens (tertiary/aromatic N) is 7. The number of rotatable bonds is 8. The van der Waals surface area contributed by atoms with E-state index in [0.29, 0.717) is 11.3 Å². The number of hydrogen-bond acceptors (Lipinski definition) is 7. The summed E-state index contributed by atoms with van der Waals surface area (Å²) in [6, 6.07) is 8.93. The van der Waals surface area contributed by atoms with E-state index < -0.39 is 10.0 Å². The van der Waals surface area contributed by atoms with Gasteiger partial charge in [-0.2, -0.15) is 0 Å². The largest absolute Gasteiger partial charge is 0.327 e. The fourth-order valence-corrected chi connectivity index (χ4v) is 5.22. The standard InChI is InChI=1S/C21H25N7O2S2/c1-5-12-28-18-7-6-16(32(29,30)26(2)3)13-17(18)23-19(28)14-31-21-25-24-20(27(21)4)15-8-10-22-11-9-15/h6-11,13H,5,12,14H2,1-4H3. The number of fused-ring (bicyclic) bond motifs is 1. The Morgan fingerprint density at radius 3 is 2.53 bits per heavy atom. The van der Waals surface area contributed by atoms with Gasteiger partial charge in [0.25, 0.3) is 0 Å². The number of imidazole rings is 1. The molecule has 4 aromatic rings. The minimum atomic E-state index is -3.52. The minimum Gasteiger partial charge on any atom is -0.327 e. The quantitative estimate of drug-likeness (QED) is 0.364. The molecule has 9 nitrogen and oxygen atoms in total. The minimum absolute atomic E-state index is 0.241. The van der Waals surface area contributed by atoms with E-state index in [2.05, 4.69) is 26.7 Å². The molecule has 0 bridgehead atoms. The molecule has 32 heavy (non-hydrogen) atoms. The van der Waals surface area contributed by atoms with Gasteiger partial charge in [0.1, 0.15) is 5.82 Å². The lowest BCUT2D eigenvalue weighted by atomic mass is 10.2. The molecule has 0 amide bonds. The zero-order valence-corrected chi connectivity index (χ0v) is 20.1. The van der Waals surface area contributed by atoms with Crippen LogP contribution in [-0.2, 0) is 29.4 Å². The lowest BCUT2D eigenvalue weighted by Crippen LogP contribution is -2.22. The first-order chi connectivity index (χ1) is 15.3. The highest BCUT2D eigenvalue weighted by Crippen LogP contribution is 2.28. The Bertz CT molecular complexity index is 1350. The summed E-state index contributed by atoms with van der Waals surface area (Å²) in [5.41, 5.74) is 2.55. The number of aromatic nitrogens is 6. The van der Waals surface area contributed by atoms with Crippen LogP contribution >= 0.6 is 11.8 Å². The van der Waals surface area contributed by atoms with Crippen molar-refractivity contribution >= 4 is 32.8 Å². The molecule has 0 saturated heterocycles. The summed E-state index contributed by atoms with van der Waals surface area (Å²) in [4.78, 5) is 9.06. The summed E-state index contributed by atoms with van der Waals surface area (Å²) in [5, 5.41) is 9.44. The predicted octanol–water partition coefficient (Wildman–Crippen LogP) is 3.18. The third kappa shape index (κ3) is 4.15. The lowest BCUT2D eigenvalue weighted by Gasteiger charge is -2.11. The maximum atomic E-state index is 12.5. The van der Waals surface area contributed by atoms with E-state index in [1.165, 1.54) is 18.4 Å². The fraction of sp³-hybridized carbons (Fsp3) is 0.333. The Kier molecular flexibility index (Phi) is 6.31. The average molecular weight is 472 g/mol. The summed E-state index contributed by atoms with van der Waals surface area (Å²) < 4.78 is 30.4. The van der Waals surface area contributed by atoms with E-state index in [4.69, 9.17) is 4.98 Å². The first kappa shape index (κ1) is 22.4. The van der Waals surface area contributed by atoms with Crippen molar-refractivity contribution in [1.82, 2.24) is 33.6 Å². The van der Waals surface area contributed by atoms with Crippen LogP contribution in [0.5, 0.6) is 0 Å². The highest BCUT2D eigenvalue weighted by molar-refractivity contribution is 7.98. The Hall–Kier alpha value is -2.76. The monoisotopic (exact) mass is 471 g/mol. The molecule has 0 fully saturated rings. The molecule has 0 aliphatic carbocycles. The Morgan fingerprint density at radius 2 is 1.84 bits per heavy atom. The first-order valence-electron chi connectivity index (χ1n) is 10.2. The van der Waals surface area contributed by atoms with Gasteiger partial charge in [0.2, 0.25) is 10.0 Å². The van der Waals surface area contributed by atoms with E-state index in [0.717, 1.165) is 40.9 Å². The van der Waals surface area contributed by atoms with Gasteiger partial charge in [0.15, 0.2) is 11.0 Å². The maximum Gasteiger partial charge on any atom is 0.242 e. The molecule has 4 rings (SSSR count). The molecular formula is C21H25N7O2S2. The van der Waals surface area contributed by atoms with Gasteiger partial charge in [-0.05, 0) is 36.8 Å². The fourth-order valence-electron chi connectivity index (χ4n) is 3.44. The molecular weight excluding hydrogens is 446 g/mol. The molecule has 3 heterocycles. The zero-order valence-electron chi connectivity index (χ0n) is 18.4. The van der Waals surface area contributed by atoms with Gasteiger partial charge in [-0.1, -0.05) is 18.7 Å². The number of thioether (sulfide) groups is 1. The van der Waals surface area contributed by atoms with Crippen LogP contribution < -0.4 is 0 Å². The topological polar surface area (TPSA) is 98.8 Å². The second-order valence-corrected chi connectivity index (χ2v) is 10.6. The normalized spacial score (nSPS) is 12.2. The zero-order chi connectivity index (χ0) is 22.9. The predicted molar refractivity (Wildman–Crippen MR) is 125 cm³/mol. The second kappa shape index (κ2) is 9.00. The van der Waals surface area contributed by atoms with E-state index >= 15 is 0 Å². The average Bonchev–Trinajstić information content (AvgIpc) is 3.32. The number of pyridine rings is 1. The van der Waals surface area contributed by atoms with Crippen LogP contribution in [0.15, 0.2) is 52.8 Å². The molecule has 0 aliphatic rings. The third-order valence-electron chi connectivity index (χ3n) is 5.13. The van der Waals surface area contributed by atoms with Gasteiger partial charge < -0.3 is 9.13 Å². The van der Waals surface area contributed by atoms with Crippen molar-refractivity contribution in [3.8, 4) is 11.4 Å². The van der Waals surface area contributed by atoms with Crippen molar-refractivity contribution < 1.29 is 8.42 Å². The summed E-state index contributed by atoms with van der Waals surface area (Å²) in [7, 11) is 1.47. The smallest absolute Gasteiger partial charge is 0.242 e. The molecule has 0 radical (unpaired) electrons. The number of hydrogen-bond donors (Lipinski definition) is 0. The van der Waals surface area contributed by atoms with Crippen LogP contribution in [0.4, 0.5) is 0 Å². The SMILES string of the molecule is CCCn1c(CSc2nnc(-c3ccncc3)n2C)nc2cc(S(=O)(=O)N(C)C)ccc21. The molecule has 0 unspecified atom stereocenters. The van der Waals surface area contributed by atoms with E-state index in [1.807, 2.05) is 29.8 Å². The Labute approximate surface area is 191 Å². The molecule has 0 N–H and O–H groups in total. The number of benzene rings is 1. The van der Waals surface area contributed by atoms with E-state index in [1.54, 1.807) is 36.3 Å². The van der Waals surface area contributed by atoms with Crippen LogP contribution in [0, 0.1) is 0 Å². The van der Waals surface area contributed by atoms with Gasteiger partial charge >= 0.3 is 0 Å². The summed E-state index contributed by atoms with van der Waals surface area (Å²) >= 11 is 1.55. The molecule has 0 spiro atoms. The van der Waals surface area contributed by atoms with Crippen LogP contribution in [0.3, 0.4) is 0 Å². The molecule has 0 atom stereocenters. The van der Waals surface area contributed by atoms with Gasteiger partial charge in [-0.3, -0.25) is 4.98 Å². The van der Waals surface area contributed by atoms with Gasteiger partial charge in [-0.25, -0.2) is 17.7 Å². The second-order valence-electron chi connectivity index (χ2n) is 7.51. The maximum absolute atomic E-state index is 12.5. The first-order valence-corrected chi connectivity index (χ1v) is 12.6. The highest BCUT2D eigenvalue weighted by Gasteiger charge is 2.20. The summed E-state index contributed by atoms with van der Waals surface area (Å²) in [6.45, 7) is 2.91. The van der Waals surface area contributed by atoms with Gasteiger partial charge in [0.05, 0.1) is 21.7 Å². The van der Waals surface area contributed by atoms with Crippen molar-refractivity contribution in [2.75, 3.05) is 14.1 Å². The van der Waals surface area contributed by atoms with Crippen molar-refractivity contribution in [3.63, 3.8) is 0 Å². The summed E-state index contributed by atoms with van der Waals surface area (Å²) in [6.07, 6.45) is 4.40. The van der Waals surface area contributed by atoms with E-state index in [-0.39, 0.29) is 4.90 Å². The van der Waals surface area contributed by atoms with Crippen molar-refractivity contribution in [2.24, 2.45) is 7.05 Å². The van der Waals surface area contributed by atoms with Crippen LogP contribution in [-0.4, -0.2) is 56.1 Å². The van der Waals surface area contributed by atoms with Crippen molar-refractivity contribution in [1.29, 1.82) is 0 Å². The van der Waals surface area contributed by atoms with E-state index in [9.17, 15) is 8.42 Å². The number of sulfonamides is 1. The molecule has 168 valence electrons. The van der Waals surface area contributed by atoms with Gasteiger partial charge in [-0.15, -0.1) is 10.2 Å². The molecule has 0 aliphatic heterocycles.